The number of nitrogens with zero attached hydrogens (tertiary/aromatic N) is 3. The van der Waals surface area contributed by atoms with Crippen LogP contribution in [0.3, 0.4) is 0 Å². The lowest BCUT2D eigenvalue weighted by molar-refractivity contribution is -0.195. The van der Waals surface area contributed by atoms with Crippen LogP contribution in [0.5, 0.6) is 0 Å². The van der Waals surface area contributed by atoms with Gasteiger partial charge in [0, 0.05) is 45.4 Å². The Kier molecular flexibility index (Phi) is 17.1. The summed E-state index contributed by atoms with van der Waals surface area (Å²) < 4.78 is 43.5. The van der Waals surface area contributed by atoms with Crippen LogP contribution in [-0.2, 0) is 33.2 Å². The summed E-state index contributed by atoms with van der Waals surface area (Å²) >= 11 is 1.68. The Morgan fingerprint density at radius 2 is 1.45 bits per heavy atom. The first-order chi connectivity index (χ1) is 31.6. The number of rotatable bonds is 25. The van der Waals surface area contributed by atoms with Crippen molar-refractivity contribution >= 4 is 32.9 Å². The molecule has 0 N–H and O–H groups in total. The van der Waals surface area contributed by atoms with E-state index in [2.05, 4.69) is 42.6 Å². The van der Waals surface area contributed by atoms with Gasteiger partial charge in [-0.05, 0) is 169 Å². The van der Waals surface area contributed by atoms with Crippen LogP contribution >= 0.6 is 11.3 Å². The Hall–Kier alpha value is -2.90. The van der Waals surface area contributed by atoms with Crippen molar-refractivity contribution < 1.29 is 33.2 Å². The van der Waals surface area contributed by atoms with Gasteiger partial charge in [0.05, 0.1) is 72.5 Å². The predicted octanol–water partition coefficient (Wildman–Crippen LogP) is 11.5. The number of benzene rings is 2. The van der Waals surface area contributed by atoms with Gasteiger partial charge in [0.15, 0.2) is 0 Å². The molecular weight excluding hydrogens is 823 g/mol. The topological polar surface area (TPSA) is 96.4 Å². The van der Waals surface area contributed by atoms with Crippen LogP contribution in [-0.4, -0.2) is 101 Å². The Balaban J connectivity index is 0.770. The van der Waals surface area contributed by atoms with Crippen molar-refractivity contribution in [1.82, 2.24) is 4.98 Å². The van der Waals surface area contributed by atoms with Crippen molar-refractivity contribution in [3.63, 3.8) is 0 Å². The fourth-order valence-corrected chi connectivity index (χ4v) is 12.0. The molecule has 11 heteroatoms. The summed E-state index contributed by atoms with van der Waals surface area (Å²) in [6.07, 6.45) is 29.2. The summed E-state index contributed by atoms with van der Waals surface area (Å²) in [5, 5.41) is 8.10. The molecule has 7 fully saturated rings. The fourth-order valence-electron chi connectivity index (χ4n) is 11.0. The second kappa shape index (κ2) is 23.7. The van der Waals surface area contributed by atoms with Gasteiger partial charge in [-0.2, -0.15) is 5.10 Å². The minimum Gasteiger partial charge on any atom is -0.500 e. The second-order valence-electron chi connectivity index (χ2n) is 19.6. The number of unbranched alkanes of at least 4 members (excludes halogenated alkanes) is 2. The molecule has 0 spiro atoms. The molecule has 3 aromatic rings. The summed E-state index contributed by atoms with van der Waals surface area (Å²) in [7, 11) is 0. The number of thiazole rings is 1. The van der Waals surface area contributed by atoms with Gasteiger partial charge in [-0.3, -0.25) is 0 Å². The zero-order valence-corrected chi connectivity index (χ0v) is 39.4. The van der Waals surface area contributed by atoms with Crippen LogP contribution in [0.4, 0.5) is 5.13 Å². The monoisotopic (exact) mass is 898 g/mol. The van der Waals surface area contributed by atoms with Crippen molar-refractivity contribution in [2.75, 3.05) is 57.8 Å². The van der Waals surface area contributed by atoms with E-state index in [0.29, 0.717) is 73.4 Å². The first kappa shape index (κ1) is 46.2. The molecule has 1 aromatic heterocycles. The molecule has 6 atom stereocenters. The largest absolute Gasteiger partial charge is 0.500 e. The van der Waals surface area contributed by atoms with E-state index in [1.54, 1.807) is 17.6 Å². The van der Waals surface area contributed by atoms with Gasteiger partial charge < -0.3 is 33.2 Å². The van der Waals surface area contributed by atoms with Gasteiger partial charge in [-0.1, -0.05) is 41.7 Å². The third kappa shape index (κ3) is 13.0. The van der Waals surface area contributed by atoms with Gasteiger partial charge in [0.1, 0.15) is 6.61 Å². The maximum absolute atomic E-state index is 6.45. The number of para-hydroxylation sites is 1. The Morgan fingerprint density at radius 1 is 0.719 bits per heavy atom. The van der Waals surface area contributed by atoms with Crippen LogP contribution in [0, 0.1) is 11.8 Å². The molecule has 3 aliphatic heterocycles. The molecule has 4 aliphatic carbocycles. The summed E-state index contributed by atoms with van der Waals surface area (Å²) in [6.45, 7) is 8.17. The molecule has 64 heavy (non-hydrogen) atoms. The summed E-state index contributed by atoms with van der Waals surface area (Å²) in [5.41, 5.74) is 5.06. The van der Waals surface area contributed by atoms with Crippen LogP contribution < -0.4 is 5.01 Å². The molecule has 4 saturated carbocycles. The number of allylic oxidation sites excluding steroid dienone is 1. The third-order valence-electron chi connectivity index (χ3n) is 15.0. The molecule has 0 radical (unpaired) electrons. The van der Waals surface area contributed by atoms with E-state index in [1.165, 1.54) is 55.2 Å². The van der Waals surface area contributed by atoms with Crippen molar-refractivity contribution in [3.8, 4) is 0 Å². The first-order valence-electron chi connectivity index (χ1n) is 25.4. The predicted molar refractivity (Wildman–Crippen MR) is 256 cm³/mol. The number of fused-ring (bicyclic) bond motifs is 4. The van der Waals surface area contributed by atoms with Crippen LogP contribution in [0.2, 0.25) is 0 Å². The zero-order valence-electron chi connectivity index (χ0n) is 38.5. The van der Waals surface area contributed by atoms with E-state index in [4.69, 9.17) is 43.2 Å². The van der Waals surface area contributed by atoms with Gasteiger partial charge in [-0.15, -0.1) is 0 Å². The Morgan fingerprint density at radius 3 is 2.17 bits per heavy atom. The molecule has 7 aliphatic rings. The molecule has 6 unspecified atom stereocenters. The van der Waals surface area contributed by atoms with E-state index in [9.17, 15) is 0 Å². The van der Waals surface area contributed by atoms with E-state index < -0.39 is 0 Å². The van der Waals surface area contributed by atoms with Crippen molar-refractivity contribution in [1.29, 1.82) is 0 Å². The van der Waals surface area contributed by atoms with Gasteiger partial charge in [-0.25, -0.2) is 9.99 Å². The maximum atomic E-state index is 6.45. The normalized spacial score (nSPS) is 30.1. The number of ether oxygens (including phenoxy) is 7. The summed E-state index contributed by atoms with van der Waals surface area (Å²) in [6, 6.07) is 15.6. The van der Waals surface area contributed by atoms with Gasteiger partial charge >= 0.3 is 0 Å². The average molecular weight is 898 g/mol. The lowest BCUT2D eigenvalue weighted by Gasteiger charge is -2.46. The highest BCUT2D eigenvalue weighted by molar-refractivity contribution is 7.22. The van der Waals surface area contributed by atoms with Gasteiger partial charge in [0.25, 0.3) is 0 Å². The summed E-state index contributed by atoms with van der Waals surface area (Å²) in [5.74, 6) is 2.30. The molecule has 3 saturated heterocycles. The van der Waals surface area contributed by atoms with Crippen LogP contribution in [0.1, 0.15) is 151 Å². The quantitative estimate of drug-likeness (QED) is 0.0271. The van der Waals surface area contributed by atoms with Crippen molar-refractivity contribution in [3.05, 3.63) is 71.5 Å². The molecular formula is C53H75N3O7S. The Labute approximate surface area is 386 Å². The fraction of sp³-hybridized carbons (Fsp3) is 0.698. The minimum atomic E-state index is 0.340. The lowest BCUT2D eigenvalue weighted by Crippen LogP contribution is -2.48. The van der Waals surface area contributed by atoms with Crippen molar-refractivity contribution in [2.24, 2.45) is 16.9 Å². The second-order valence-corrected chi connectivity index (χ2v) is 20.6. The number of epoxide rings is 1. The molecule has 2 aromatic carbocycles. The molecule has 350 valence electrons. The molecule has 0 amide bonds. The molecule has 2 bridgehead atoms. The first-order valence-corrected chi connectivity index (χ1v) is 26.2. The van der Waals surface area contributed by atoms with Gasteiger partial charge in [0.2, 0.25) is 5.13 Å². The van der Waals surface area contributed by atoms with E-state index in [1.807, 2.05) is 24.1 Å². The van der Waals surface area contributed by atoms with E-state index in [-0.39, 0.29) is 0 Å². The molecule has 4 heterocycles. The highest BCUT2D eigenvalue weighted by Gasteiger charge is 2.44. The SMILES string of the molecule is C/C=C/OCCN(/N=C/c1cc(C2CCC(OCCCCOCC3CCC4CC3O4)CC2)ccc1C1CCC(OCCCCOCC2CCC3OC3C2)CC1)c1nc2ccccc2s1. The number of hydrogen-bond acceptors (Lipinski definition) is 11. The standard InChI is InChI=1S/C53H75N3O7S/c1-2-26-57-31-25-56(53-55-48-9-3-4-10-52(48)64-53)54-35-43-33-41(39-12-18-44(19-13-39)60-30-8-6-28-59-37-42-16-22-46-34-50(42)62-46)17-23-47(43)40-14-20-45(21-15-40)61-29-7-5-27-58-36-38-11-24-49-51(32-38)63-49/h2-4,9-10,17,23,26,33,35,38-40,42,44-46,49-51H,5-8,11-16,18-22,24-25,27-32,34,36-37H2,1H3/b26-2+,54-35+. The number of anilines is 1. The van der Waals surface area contributed by atoms with Crippen molar-refractivity contribution in [2.45, 2.75) is 171 Å². The summed E-state index contributed by atoms with van der Waals surface area (Å²) in [4.78, 5) is 4.98. The van der Waals surface area contributed by atoms with E-state index >= 15 is 0 Å². The number of aromatic nitrogens is 1. The maximum Gasteiger partial charge on any atom is 0.207 e. The number of hydrogen-bond donors (Lipinski definition) is 0. The molecule has 10 rings (SSSR count). The highest BCUT2D eigenvalue weighted by Crippen LogP contribution is 2.42. The molecule has 10 nitrogen and oxygen atoms in total. The van der Waals surface area contributed by atoms with Crippen LogP contribution in [0.15, 0.2) is 59.9 Å². The minimum absolute atomic E-state index is 0.340. The number of hydrazone groups is 1. The van der Waals surface area contributed by atoms with Crippen LogP contribution in [0.25, 0.3) is 10.2 Å². The Bertz CT molecular complexity index is 1880. The van der Waals surface area contributed by atoms with E-state index in [0.717, 1.165) is 132 Å². The lowest BCUT2D eigenvalue weighted by atomic mass is 9.78. The third-order valence-corrected chi connectivity index (χ3v) is 16.0. The highest BCUT2D eigenvalue weighted by atomic mass is 32.1. The average Bonchev–Trinajstić information content (AvgIpc) is 3.97. The smallest absolute Gasteiger partial charge is 0.207 e. The zero-order chi connectivity index (χ0) is 43.3.